The summed E-state index contributed by atoms with van der Waals surface area (Å²) in [5, 5.41) is 26.0. The Morgan fingerprint density at radius 3 is 1.31 bits per heavy atom. The van der Waals surface area contributed by atoms with E-state index >= 15 is 0 Å². The topological polar surface area (TPSA) is 0 Å². The van der Waals surface area contributed by atoms with E-state index in [-0.39, 0.29) is 10.8 Å². The van der Waals surface area contributed by atoms with Crippen molar-refractivity contribution < 1.29 is 0 Å². The Labute approximate surface area is 627 Å². The molecule has 0 nitrogen and oxygen atoms in total. The van der Waals surface area contributed by atoms with Crippen LogP contribution in [0.15, 0.2) is 303 Å². The van der Waals surface area contributed by atoms with Gasteiger partial charge in [-0.05, 0) is 208 Å². The molecule has 0 atom stereocenters. The largest absolute Gasteiger partial charge is 0.135 e. The van der Waals surface area contributed by atoms with Gasteiger partial charge in [-0.2, -0.15) is 0 Å². The van der Waals surface area contributed by atoms with Crippen LogP contribution in [0, 0.1) is 0 Å². The van der Waals surface area contributed by atoms with Gasteiger partial charge in [-0.1, -0.05) is 276 Å². The fraction of sp³-hybridized carbons (Fsp3) is 0.0588. The molecular formula is C102H62S4. The average Bonchev–Trinajstić information content (AvgIpc) is 1.54. The van der Waals surface area contributed by atoms with Gasteiger partial charge in [0, 0.05) is 103 Å². The van der Waals surface area contributed by atoms with Gasteiger partial charge >= 0.3 is 0 Å². The molecule has 0 amide bonds. The van der Waals surface area contributed by atoms with Crippen LogP contribution in [-0.4, -0.2) is 0 Å². The summed E-state index contributed by atoms with van der Waals surface area (Å²) < 4.78 is 10.6. The second-order valence-electron chi connectivity index (χ2n) is 30.7. The quantitative estimate of drug-likeness (QED) is 0.151. The van der Waals surface area contributed by atoms with E-state index in [1.807, 2.05) is 45.3 Å². The Morgan fingerprint density at radius 1 is 0.198 bits per heavy atom. The van der Waals surface area contributed by atoms with E-state index in [1.165, 1.54) is 245 Å². The van der Waals surface area contributed by atoms with Gasteiger partial charge in [0.25, 0.3) is 0 Å². The molecule has 0 saturated heterocycles. The molecule has 106 heavy (non-hydrogen) atoms. The molecule has 0 bridgehead atoms. The minimum Gasteiger partial charge on any atom is -0.135 e. The molecule has 0 aliphatic heterocycles. The predicted octanol–water partition coefficient (Wildman–Crippen LogP) is 31.0. The predicted molar refractivity (Wildman–Crippen MR) is 465 cm³/mol. The van der Waals surface area contributed by atoms with Gasteiger partial charge in [-0.15, -0.1) is 45.3 Å². The zero-order valence-corrected chi connectivity index (χ0v) is 61.8. The van der Waals surface area contributed by atoms with Crippen LogP contribution in [0.2, 0.25) is 0 Å². The van der Waals surface area contributed by atoms with Crippen LogP contribution in [0.3, 0.4) is 0 Å². The normalized spacial score (nSPS) is 13.8. The van der Waals surface area contributed by atoms with Gasteiger partial charge in [0.15, 0.2) is 0 Å². The summed E-state index contributed by atoms with van der Waals surface area (Å²) in [7, 11) is 0. The second kappa shape index (κ2) is 21.5. The number of hydrogen-bond acceptors (Lipinski definition) is 4. The minimum atomic E-state index is -0.325. The zero-order chi connectivity index (χ0) is 69.7. The van der Waals surface area contributed by atoms with Gasteiger partial charge in [-0.3, -0.25) is 0 Å². The molecular weight excluding hydrogens is 1350 g/mol. The van der Waals surface area contributed by atoms with Crippen LogP contribution in [0.25, 0.3) is 223 Å². The molecule has 2 aliphatic carbocycles. The van der Waals surface area contributed by atoms with Crippen LogP contribution in [-0.2, 0) is 10.8 Å². The standard InChI is InChI=1S/C102H62S4/c1-101(2)83-48-58(39-45-76(83)94-84(101)54-81(100-95(94)77-46-37-55-21-7-8-24-62(55)98(77)106-100)92-72-31-13-9-27-68(72)90(69-28-10-14-32-73(69)92)60-40-43-65-64-26-18-20-36-85(64)103-87(65)51-60)59-38-42-66-67-44-41-61(52-88(67)104-86(66)50-59)91-70-29-11-15-33-74(70)93(75-34-16-12-30-71(75)91)96-97-79(63-25-17-19-35-82(63)102(97,3)4)53-80-78-47-56-22-5-6-23-57(56)49-89(78)105-99(80)96/h5-54H,1-4H3. The summed E-state index contributed by atoms with van der Waals surface area (Å²) in [6, 6.07) is 117. The average molecular weight is 1420 g/mol. The Kier molecular flexibility index (Phi) is 12.1. The van der Waals surface area contributed by atoms with E-state index in [0.717, 1.165) is 0 Å². The highest BCUT2D eigenvalue weighted by atomic mass is 32.1. The third-order valence-electron chi connectivity index (χ3n) is 24.6. The summed E-state index contributed by atoms with van der Waals surface area (Å²) >= 11 is 7.77. The molecule has 494 valence electrons. The molecule has 0 unspecified atom stereocenters. The van der Waals surface area contributed by atoms with Crippen LogP contribution in [0.4, 0.5) is 0 Å². The molecule has 4 heterocycles. The van der Waals surface area contributed by atoms with Gasteiger partial charge in [-0.25, -0.2) is 0 Å². The molecule has 4 aromatic heterocycles. The van der Waals surface area contributed by atoms with E-state index in [9.17, 15) is 0 Å². The minimum absolute atomic E-state index is 0.236. The number of thiophene rings is 4. The van der Waals surface area contributed by atoms with Crippen molar-refractivity contribution in [3.8, 4) is 77.9 Å². The second-order valence-corrected chi connectivity index (χ2v) is 35.0. The maximum absolute atomic E-state index is 2.63. The first-order chi connectivity index (χ1) is 52.1. The van der Waals surface area contributed by atoms with Crippen molar-refractivity contribution in [2.45, 2.75) is 38.5 Å². The van der Waals surface area contributed by atoms with Crippen molar-refractivity contribution in [3.05, 3.63) is 326 Å². The Balaban J connectivity index is 0.654. The van der Waals surface area contributed by atoms with E-state index in [2.05, 4.69) is 331 Å². The summed E-state index contributed by atoms with van der Waals surface area (Å²) in [5.74, 6) is 0. The van der Waals surface area contributed by atoms with Gasteiger partial charge < -0.3 is 0 Å². The zero-order valence-electron chi connectivity index (χ0n) is 58.5. The van der Waals surface area contributed by atoms with Crippen LogP contribution >= 0.6 is 45.3 Å². The smallest absolute Gasteiger partial charge is 0.0440 e. The van der Waals surface area contributed by atoms with Crippen LogP contribution in [0.1, 0.15) is 49.9 Å². The number of fused-ring (bicyclic) bond motifs is 26. The summed E-state index contributed by atoms with van der Waals surface area (Å²) in [5.41, 5.74) is 23.3. The van der Waals surface area contributed by atoms with Crippen molar-refractivity contribution in [1.82, 2.24) is 0 Å². The van der Waals surface area contributed by atoms with Gasteiger partial charge in [0.2, 0.25) is 0 Å². The molecule has 0 spiro atoms. The molecule has 0 fully saturated rings. The van der Waals surface area contributed by atoms with Crippen molar-refractivity contribution in [1.29, 1.82) is 0 Å². The fourth-order valence-electron chi connectivity index (χ4n) is 19.8. The highest BCUT2D eigenvalue weighted by Gasteiger charge is 2.42. The van der Waals surface area contributed by atoms with Crippen LogP contribution < -0.4 is 0 Å². The molecule has 0 N–H and O–H groups in total. The molecule has 4 heteroatoms. The maximum atomic E-state index is 2.63. The Morgan fingerprint density at radius 2 is 0.670 bits per heavy atom. The van der Waals surface area contributed by atoms with Crippen molar-refractivity contribution in [2.24, 2.45) is 0 Å². The molecule has 0 radical (unpaired) electrons. The van der Waals surface area contributed by atoms with Gasteiger partial charge in [0.05, 0.1) is 0 Å². The van der Waals surface area contributed by atoms with Crippen LogP contribution in [0.5, 0.6) is 0 Å². The van der Waals surface area contributed by atoms with Crippen molar-refractivity contribution in [3.63, 3.8) is 0 Å². The number of benzene rings is 18. The molecule has 22 aromatic rings. The van der Waals surface area contributed by atoms with E-state index < -0.39 is 0 Å². The fourth-order valence-corrected chi connectivity index (χ4v) is 24.7. The summed E-state index contributed by atoms with van der Waals surface area (Å²) in [4.78, 5) is 0. The third kappa shape index (κ3) is 8.06. The lowest BCUT2D eigenvalue weighted by molar-refractivity contribution is 0.661. The van der Waals surface area contributed by atoms with E-state index in [0.29, 0.717) is 0 Å². The summed E-state index contributed by atoms with van der Waals surface area (Å²) in [6.07, 6.45) is 0. The maximum Gasteiger partial charge on any atom is 0.0440 e. The lowest BCUT2D eigenvalue weighted by atomic mass is 9.76. The number of hydrogen-bond donors (Lipinski definition) is 0. The number of rotatable bonds is 5. The Bertz CT molecular complexity index is 7650. The Hall–Kier alpha value is -11.6. The monoisotopic (exact) mass is 1410 g/mol. The lowest BCUT2D eigenvalue weighted by Crippen LogP contribution is -2.16. The van der Waals surface area contributed by atoms with E-state index in [4.69, 9.17) is 0 Å². The first-order valence-corrected chi connectivity index (χ1v) is 40.2. The first kappa shape index (κ1) is 59.7. The third-order valence-corrected chi connectivity index (χ3v) is 29.3. The highest BCUT2D eigenvalue weighted by molar-refractivity contribution is 7.28. The summed E-state index contributed by atoms with van der Waals surface area (Å²) in [6.45, 7) is 9.88. The van der Waals surface area contributed by atoms with Crippen molar-refractivity contribution >= 4 is 191 Å². The van der Waals surface area contributed by atoms with Gasteiger partial charge in [0.1, 0.15) is 0 Å². The molecule has 2 aliphatic rings. The van der Waals surface area contributed by atoms with E-state index in [1.54, 1.807) is 0 Å². The SMILES string of the molecule is CC1(C)c2cc(-c3ccc4c(c3)sc3cc(-c5c6ccccc6c(-c6c7c(cc8c6sc6cc9ccccc9cc68)-c6ccccc6C7(C)C)c6ccccc56)ccc34)ccc2-c2c1cc(-c1c3ccccc3c(-c3ccc4c(c3)sc3ccccc34)c3ccccc13)c1sc3c4ccccc4ccc3c21. The highest BCUT2D eigenvalue weighted by Crippen LogP contribution is 2.62. The van der Waals surface area contributed by atoms with Crippen molar-refractivity contribution in [2.75, 3.05) is 0 Å². The molecule has 0 saturated carbocycles. The first-order valence-electron chi connectivity index (χ1n) is 36.9. The molecule has 24 rings (SSSR count). The lowest BCUT2D eigenvalue weighted by Gasteiger charge is -2.27. The molecule has 18 aromatic carbocycles.